The van der Waals surface area contributed by atoms with E-state index in [1.807, 2.05) is 29.2 Å². The number of carbonyl (C=O) groups is 1. The van der Waals surface area contributed by atoms with Crippen molar-refractivity contribution in [2.75, 3.05) is 44.2 Å². The molecule has 0 atom stereocenters. The number of hydrogen-bond acceptors (Lipinski definition) is 4. The van der Waals surface area contributed by atoms with Crippen LogP contribution in [0.25, 0.3) is 10.9 Å². The van der Waals surface area contributed by atoms with Gasteiger partial charge in [-0.2, -0.15) is 18.3 Å². The van der Waals surface area contributed by atoms with Crippen LogP contribution in [-0.2, 0) is 6.18 Å². The minimum atomic E-state index is -4.35. The molecule has 9 heteroatoms. The fourth-order valence-corrected chi connectivity index (χ4v) is 4.08. The Morgan fingerprint density at radius 2 is 1.72 bits per heavy atom. The molecule has 2 aromatic carbocycles. The Morgan fingerprint density at radius 3 is 2.50 bits per heavy atom. The number of nitrogens with one attached hydrogen (secondary N) is 2. The zero-order valence-electron chi connectivity index (χ0n) is 17.7. The third kappa shape index (κ3) is 5.04. The number of fused-ring (bicyclic) bond motifs is 1. The maximum absolute atomic E-state index is 13.3. The Hall–Kier alpha value is -3.07. The van der Waals surface area contributed by atoms with Crippen molar-refractivity contribution in [2.45, 2.75) is 19.0 Å². The topological polar surface area (TPSA) is 64.3 Å². The second kappa shape index (κ2) is 9.60. The average Bonchev–Trinajstić information content (AvgIpc) is 3.23. The van der Waals surface area contributed by atoms with E-state index >= 15 is 0 Å². The molecule has 1 saturated heterocycles. The number of carbonyl (C=O) groups excluding carboxylic acids is 1. The number of unbranched alkanes of at least 4 members (excludes halogenated alkanes) is 1. The number of rotatable bonds is 7. The van der Waals surface area contributed by atoms with Gasteiger partial charge in [-0.05, 0) is 37.6 Å². The van der Waals surface area contributed by atoms with E-state index in [0.29, 0.717) is 25.3 Å². The summed E-state index contributed by atoms with van der Waals surface area (Å²) in [6.45, 7) is 3.98. The van der Waals surface area contributed by atoms with E-state index in [0.717, 1.165) is 49.4 Å². The minimum Gasteiger partial charge on any atom is -0.368 e. The van der Waals surface area contributed by atoms with Crippen molar-refractivity contribution in [3.63, 3.8) is 0 Å². The Morgan fingerprint density at radius 1 is 1.00 bits per heavy atom. The molecule has 4 rings (SSSR count). The summed E-state index contributed by atoms with van der Waals surface area (Å²) in [5.41, 5.74) is 0.910. The average molecular weight is 445 g/mol. The predicted molar refractivity (Wildman–Crippen MR) is 118 cm³/mol. The molecule has 1 aliphatic rings. The summed E-state index contributed by atoms with van der Waals surface area (Å²) in [4.78, 5) is 16.4. The molecule has 6 nitrogen and oxygen atoms in total. The molecule has 3 aromatic rings. The molecule has 2 heterocycles. The van der Waals surface area contributed by atoms with Crippen LogP contribution >= 0.6 is 0 Å². The van der Waals surface area contributed by atoms with Crippen LogP contribution in [0.4, 0.5) is 18.9 Å². The molecule has 0 radical (unpaired) electrons. The first-order chi connectivity index (χ1) is 15.4. The third-order valence-electron chi connectivity index (χ3n) is 5.79. The fourth-order valence-electron chi connectivity index (χ4n) is 4.08. The first-order valence-electron chi connectivity index (χ1n) is 10.8. The number of halogens is 3. The molecule has 0 aliphatic carbocycles. The number of hydrogen-bond donors (Lipinski definition) is 2. The van der Waals surface area contributed by atoms with E-state index in [4.69, 9.17) is 0 Å². The number of amides is 1. The van der Waals surface area contributed by atoms with Gasteiger partial charge in [0.1, 0.15) is 0 Å². The quantitative estimate of drug-likeness (QED) is 0.542. The molecule has 0 spiro atoms. The zero-order valence-corrected chi connectivity index (χ0v) is 17.7. The van der Waals surface area contributed by atoms with E-state index in [-0.39, 0.29) is 11.6 Å². The van der Waals surface area contributed by atoms with Gasteiger partial charge in [0.15, 0.2) is 5.69 Å². The van der Waals surface area contributed by atoms with Crippen molar-refractivity contribution in [1.82, 2.24) is 20.4 Å². The second-order valence-electron chi connectivity index (χ2n) is 7.92. The lowest BCUT2D eigenvalue weighted by molar-refractivity contribution is -0.137. The lowest BCUT2D eigenvalue weighted by Gasteiger charge is -2.37. The summed E-state index contributed by atoms with van der Waals surface area (Å²) < 4.78 is 39.8. The van der Waals surface area contributed by atoms with Crippen LogP contribution in [0.15, 0.2) is 48.5 Å². The highest BCUT2D eigenvalue weighted by atomic mass is 19.4. The Labute approximate surface area is 184 Å². The van der Waals surface area contributed by atoms with Gasteiger partial charge in [0, 0.05) is 43.8 Å². The summed E-state index contributed by atoms with van der Waals surface area (Å²) in [6.07, 6.45) is -2.62. The zero-order chi connectivity index (χ0) is 22.6. The van der Waals surface area contributed by atoms with Crippen molar-refractivity contribution in [2.24, 2.45) is 0 Å². The molecule has 1 aliphatic heterocycles. The van der Waals surface area contributed by atoms with Crippen molar-refractivity contribution >= 4 is 22.5 Å². The van der Waals surface area contributed by atoms with E-state index in [1.165, 1.54) is 6.07 Å². The van der Waals surface area contributed by atoms with Gasteiger partial charge in [0.2, 0.25) is 0 Å². The van der Waals surface area contributed by atoms with Gasteiger partial charge in [0.05, 0.1) is 11.1 Å². The van der Waals surface area contributed by atoms with E-state index in [9.17, 15) is 18.0 Å². The van der Waals surface area contributed by atoms with Crippen molar-refractivity contribution in [1.29, 1.82) is 0 Å². The van der Waals surface area contributed by atoms with Crippen LogP contribution in [0.2, 0.25) is 0 Å². The van der Waals surface area contributed by atoms with Crippen molar-refractivity contribution in [3.05, 3.63) is 59.8 Å². The van der Waals surface area contributed by atoms with Crippen molar-refractivity contribution in [3.8, 4) is 0 Å². The monoisotopic (exact) mass is 445 g/mol. The van der Waals surface area contributed by atoms with Crippen LogP contribution in [-0.4, -0.2) is 60.3 Å². The first kappa shape index (κ1) is 22.1. The second-order valence-corrected chi connectivity index (χ2v) is 7.92. The van der Waals surface area contributed by atoms with Crippen LogP contribution < -0.4 is 10.2 Å². The van der Waals surface area contributed by atoms with Gasteiger partial charge in [-0.3, -0.25) is 14.8 Å². The Kier molecular flexibility index (Phi) is 6.64. The number of benzene rings is 2. The normalized spacial score (nSPS) is 15.3. The summed E-state index contributed by atoms with van der Waals surface area (Å²) in [5.74, 6) is -0.195. The first-order valence-corrected chi connectivity index (χ1v) is 10.8. The molecule has 32 heavy (non-hydrogen) atoms. The fraction of sp³-hybridized carbons (Fsp3) is 0.391. The number of alkyl halides is 3. The lowest BCUT2D eigenvalue weighted by Crippen LogP contribution is -2.47. The number of aromatic amines is 1. The predicted octanol–water partition coefficient (Wildman–Crippen LogP) is 3.91. The molecular weight excluding hydrogens is 419 g/mol. The van der Waals surface area contributed by atoms with Crippen LogP contribution in [0, 0.1) is 0 Å². The standard InChI is InChI=1S/C23H26F3N5O/c24-23(25,26)18-8-2-4-10-20(18)31-15-13-30(14-16-31)12-6-5-11-27-22(32)21-17-7-1-3-9-19(17)28-29-21/h1-4,7-10H,5-6,11-16H2,(H,27,32)(H,28,29). The summed E-state index contributed by atoms with van der Waals surface area (Å²) in [5, 5.41) is 10.7. The van der Waals surface area contributed by atoms with Crippen molar-refractivity contribution < 1.29 is 18.0 Å². The maximum Gasteiger partial charge on any atom is 0.418 e. The van der Waals surface area contributed by atoms with Gasteiger partial charge >= 0.3 is 6.18 Å². The molecule has 0 saturated carbocycles. The van der Waals surface area contributed by atoms with E-state index in [1.54, 1.807) is 12.1 Å². The number of nitrogens with zero attached hydrogens (tertiary/aromatic N) is 3. The summed E-state index contributed by atoms with van der Waals surface area (Å²) in [6, 6.07) is 13.3. The van der Waals surface area contributed by atoms with Crippen LogP contribution in [0.3, 0.4) is 0 Å². The van der Waals surface area contributed by atoms with Crippen LogP contribution in [0.5, 0.6) is 0 Å². The van der Waals surface area contributed by atoms with Crippen LogP contribution in [0.1, 0.15) is 28.9 Å². The number of aromatic nitrogens is 2. The molecule has 1 fully saturated rings. The maximum atomic E-state index is 13.3. The number of anilines is 1. The highest BCUT2D eigenvalue weighted by Crippen LogP contribution is 2.36. The summed E-state index contributed by atoms with van der Waals surface area (Å²) in [7, 11) is 0. The highest BCUT2D eigenvalue weighted by Gasteiger charge is 2.35. The Bertz CT molecular complexity index is 1060. The van der Waals surface area contributed by atoms with Gasteiger partial charge < -0.3 is 10.2 Å². The molecule has 1 aromatic heterocycles. The highest BCUT2D eigenvalue weighted by molar-refractivity contribution is 6.04. The molecular formula is C23H26F3N5O. The largest absolute Gasteiger partial charge is 0.418 e. The molecule has 0 bridgehead atoms. The minimum absolute atomic E-state index is 0.195. The SMILES string of the molecule is O=C(NCCCCN1CCN(c2ccccc2C(F)(F)F)CC1)c1n[nH]c2ccccc12. The summed E-state index contributed by atoms with van der Waals surface area (Å²) >= 11 is 0. The molecule has 2 N–H and O–H groups in total. The number of H-pyrrole nitrogens is 1. The lowest BCUT2D eigenvalue weighted by atomic mass is 10.1. The molecule has 1 amide bonds. The molecule has 0 unspecified atom stereocenters. The van der Waals surface area contributed by atoms with Gasteiger partial charge in [-0.1, -0.05) is 30.3 Å². The van der Waals surface area contributed by atoms with Gasteiger partial charge in [0.25, 0.3) is 5.91 Å². The van der Waals surface area contributed by atoms with E-state index < -0.39 is 11.7 Å². The van der Waals surface area contributed by atoms with Gasteiger partial charge in [-0.15, -0.1) is 0 Å². The van der Waals surface area contributed by atoms with E-state index in [2.05, 4.69) is 20.4 Å². The third-order valence-corrected chi connectivity index (χ3v) is 5.79. The Balaban J connectivity index is 1.18. The van der Waals surface area contributed by atoms with Gasteiger partial charge in [-0.25, -0.2) is 0 Å². The number of piperazine rings is 1. The smallest absolute Gasteiger partial charge is 0.368 e. The number of para-hydroxylation sites is 2. The molecule has 170 valence electrons.